The van der Waals surface area contributed by atoms with Gasteiger partial charge in [-0.2, -0.15) is 0 Å². The first-order valence-electron chi connectivity index (χ1n) is 3.95. The lowest BCUT2D eigenvalue weighted by Crippen LogP contribution is -2.21. The second-order valence-electron chi connectivity index (χ2n) is 2.00. The smallest absolute Gasteiger partial charge is 0.375 e. The predicted octanol–water partition coefficient (Wildman–Crippen LogP) is 0.656. The van der Waals surface area contributed by atoms with E-state index in [9.17, 15) is 0 Å². The van der Waals surface area contributed by atoms with Crippen molar-refractivity contribution in [2.75, 3.05) is 27.9 Å². The van der Waals surface area contributed by atoms with Gasteiger partial charge in [-0.25, -0.2) is 0 Å². The molecule has 0 aromatic heterocycles. The second-order valence-corrected chi connectivity index (χ2v) is 3.73. The van der Waals surface area contributed by atoms with Gasteiger partial charge in [0.05, 0.1) is 0 Å². The summed E-state index contributed by atoms with van der Waals surface area (Å²) >= 11 is 0. The van der Waals surface area contributed by atoms with E-state index in [0.717, 1.165) is 6.54 Å². The van der Waals surface area contributed by atoms with E-state index < -0.39 is 9.53 Å². The van der Waals surface area contributed by atoms with Crippen LogP contribution in [0.25, 0.3) is 0 Å². The highest BCUT2D eigenvalue weighted by molar-refractivity contribution is 6.36. The third kappa shape index (κ3) is 12.7. The number of unbranched alkanes of at least 4 members (excludes halogenated alkanes) is 1. The highest BCUT2D eigenvalue weighted by atomic mass is 28.3. The molecule has 75 valence electrons. The molecule has 0 heterocycles. The van der Waals surface area contributed by atoms with Crippen LogP contribution in [0.3, 0.4) is 0 Å². The molecule has 0 saturated heterocycles. The van der Waals surface area contributed by atoms with Gasteiger partial charge >= 0.3 is 9.53 Å². The first-order chi connectivity index (χ1) is 5.76. The summed E-state index contributed by atoms with van der Waals surface area (Å²) in [5, 5.41) is 0. The van der Waals surface area contributed by atoms with Crippen LogP contribution in [0, 0.1) is 0 Å². The summed E-state index contributed by atoms with van der Waals surface area (Å²) in [6.45, 7) is 2.98. The van der Waals surface area contributed by atoms with E-state index in [2.05, 4.69) is 6.92 Å². The molecule has 0 aromatic rings. The summed E-state index contributed by atoms with van der Waals surface area (Å²) in [6.07, 6.45) is 2.39. The molecule has 0 aromatic carbocycles. The molecule has 4 nitrogen and oxygen atoms in total. The maximum Gasteiger partial charge on any atom is 0.576 e. The molecular formula is C7H20NO3Si. The first kappa shape index (κ1) is 14.6. The van der Waals surface area contributed by atoms with E-state index >= 15 is 0 Å². The Hall–Kier alpha value is 0.0569. The highest BCUT2D eigenvalue weighted by Gasteiger charge is 2.09. The molecule has 0 aliphatic heterocycles. The highest BCUT2D eigenvalue weighted by Crippen LogP contribution is 1.81. The molecule has 0 unspecified atom stereocenters. The molecule has 5 heteroatoms. The van der Waals surface area contributed by atoms with Crippen LogP contribution in [0.5, 0.6) is 0 Å². The van der Waals surface area contributed by atoms with Gasteiger partial charge in [-0.3, -0.25) is 0 Å². The van der Waals surface area contributed by atoms with Gasteiger partial charge in [0.2, 0.25) is 0 Å². The van der Waals surface area contributed by atoms with Crippen molar-refractivity contribution in [1.82, 2.24) is 0 Å². The third-order valence-corrected chi connectivity index (χ3v) is 2.06. The Morgan fingerprint density at radius 3 is 1.50 bits per heavy atom. The number of nitrogens with two attached hydrogens (primary N) is 1. The van der Waals surface area contributed by atoms with Gasteiger partial charge in [0.15, 0.2) is 0 Å². The first-order valence-corrected chi connectivity index (χ1v) is 5.18. The van der Waals surface area contributed by atoms with Gasteiger partial charge in [-0.05, 0) is 13.0 Å². The van der Waals surface area contributed by atoms with Crippen molar-refractivity contribution >= 4 is 9.53 Å². The van der Waals surface area contributed by atoms with Crippen LogP contribution in [-0.2, 0) is 13.3 Å². The van der Waals surface area contributed by atoms with Gasteiger partial charge in [-0.1, -0.05) is 13.3 Å². The molecule has 0 saturated carbocycles. The molecule has 0 amide bonds. The minimum atomic E-state index is -1.36. The summed E-state index contributed by atoms with van der Waals surface area (Å²) in [4.78, 5) is 0. The largest absolute Gasteiger partial charge is 0.576 e. The van der Waals surface area contributed by atoms with Crippen molar-refractivity contribution in [1.29, 1.82) is 0 Å². The molecule has 0 fully saturated rings. The zero-order valence-electron chi connectivity index (χ0n) is 8.42. The molecule has 0 aliphatic carbocycles. The maximum atomic E-state index is 5.14. The van der Waals surface area contributed by atoms with Gasteiger partial charge in [0, 0.05) is 21.3 Å². The van der Waals surface area contributed by atoms with Crippen LogP contribution < -0.4 is 5.73 Å². The number of rotatable bonds is 5. The summed E-state index contributed by atoms with van der Waals surface area (Å²) < 4.78 is 14.1. The Labute approximate surface area is 77.0 Å². The summed E-state index contributed by atoms with van der Waals surface area (Å²) in [5.41, 5.74) is 5.14. The lowest BCUT2D eigenvalue weighted by molar-refractivity contribution is 0.163. The quantitative estimate of drug-likeness (QED) is 0.653. The summed E-state index contributed by atoms with van der Waals surface area (Å²) in [7, 11) is 3.31. The Morgan fingerprint density at radius 2 is 1.50 bits per heavy atom. The SMILES string of the molecule is CCCCN.CO[Si](OC)OC. The maximum absolute atomic E-state index is 5.14. The molecular weight excluding hydrogens is 174 g/mol. The minimum Gasteiger partial charge on any atom is -0.375 e. The van der Waals surface area contributed by atoms with Crippen LogP contribution >= 0.6 is 0 Å². The van der Waals surface area contributed by atoms with E-state index in [4.69, 9.17) is 19.0 Å². The average molecular weight is 194 g/mol. The lowest BCUT2D eigenvalue weighted by Gasteiger charge is -2.02. The number of hydrogen-bond donors (Lipinski definition) is 1. The predicted molar refractivity (Wildman–Crippen MR) is 50.7 cm³/mol. The Bertz CT molecular complexity index is 64.2. The van der Waals surface area contributed by atoms with Crippen LogP contribution in [0.15, 0.2) is 0 Å². The van der Waals surface area contributed by atoms with Crippen LogP contribution in [0.4, 0.5) is 0 Å². The van der Waals surface area contributed by atoms with Gasteiger partial charge in [-0.15, -0.1) is 0 Å². The van der Waals surface area contributed by atoms with Crippen LogP contribution in [0.1, 0.15) is 19.8 Å². The normalized spacial score (nSPS) is 9.50. The van der Waals surface area contributed by atoms with Crippen molar-refractivity contribution in [3.63, 3.8) is 0 Å². The zero-order chi connectivity index (χ0) is 9.82. The monoisotopic (exact) mass is 194 g/mol. The van der Waals surface area contributed by atoms with E-state index in [1.807, 2.05) is 0 Å². The molecule has 12 heavy (non-hydrogen) atoms. The van der Waals surface area contributed by atoms with Gasteiger partial charge in [0.1, 0.15) is 0 Å². The number of hydrogen-bond acceptors (Lipinski definition) is 4. The van der Waals surface area contributed by atoms with Crippen molar-refractivity contribution in [3.05, 3.63) is 0 Å². The fourth-order valence-electron chi connectivity index (χ4n) is 0.454. The molecule has 0 atom stereocenters. The Kier molecular flexibility index (Phi) is 16.6. The van der Waals surface area contributed by atoms with Crippen molar-refractivity contribution in [2.24, 2.45) is 5.73 Å². The third-order valence-electron chi connectivity index (χ3n) is 1.06. The fraction of sp³-hybridized carbons (Fsp3) is 1.00. The molecule has 0 rings (SSSR count). The molecule has 0 bridgehead atoms. The van der Waals surface area contributed by atoms with E-state index in [1.54, 1.807) is 21.3 Å². The van der Waals surface area contributed by atoms with Gasteiger partial charge < -0.3 is 19.0 Å². The van der Waals surface area contributed by atoms with E-state index in [-0.39, 0.29) is 0 Å². The van der Waals surface area contributed by atoms with Gasteiger partial charge in [0.25, 0.3) is 0 Å². The molecule has 1 radical (unpaired) electrons. The lowest BCUT2D eigenvalue weighted by atomic mass is 10.3. The Balaban J connectivity index is 0. The van der Waals surface area contributed by atoms with E-state index in [0.29, 0.717) is 0 Å². The van der Waals surface area contributed by atoms with Crippen LogP contribution in [0.2, 0.25) is 0 Å². The summed E-state index contributed by atoms with van der Waals surface area (Å²) in [5.74, 6) is 0. The molecule has 0 spiro atoms. The van der Waals surface area contributed by atoms with Crippen molar-refractivity contribution in [2.45, 2.75) is 19.8 Å². The summed E-state index contributed by atoms with van der Waals surface area (Å²) in [6, 6.07) is 0. The van der Waals surface area contributed by atoms with Crippen LogP contribution in [-0.4, -0.2) is 37.4 Å². The minimum absolute atomic E-state index is 0.844. The van der Waals surface area contributed by atoms with Crippen molar-refractivity contribution in [3.8, 4) is 0 Å². The molecule has 2 N–H and O–H groups in total. The Morgan fingerprint density at radius 1 is 1.08 bits per heavy atom. The van der Waals surface area contributed by atoms with E-state index in [1.165, 1.54) is 12.8 Å². The van der Waals surface area contributed by atoms with Crippen molar-refractivity contribution < 1.29 is 13.3 Å². The average Bonchev–Trinajstić information content (AvgIpc) is 2.10. The zero-order valence-corrected chi connectivity index (χ0v) is 9.42. The fourth-order valence-corrected chi connectivity index (χ4v) is 0.954. The standard InChI is InChI=1S/C4H11N.C3H9O3Si/c1-2-3-4-5;1-4-7(5-2)6-3/h2-5H2,1H3;1-3H3. The topological polar surface area (TPSA) is 53.7 Å². The molecule has 0 aliphatic rings. The second kappa shape index (κ2) is 13.6.